The molecule has 0 aliphatic rings. The molecule has 14 heavy (non-hydrogen) atoms. The van der Waals surface area contributed by atoms with Crippen LogP contribution in [0.25, 0.3) is 0 Å². The van der Waals surface area contributed by atoms with Crippen LogP contribution in [0.2, 0.25) is 0 Å². The van der Waals surface area contributed by atoms with E-state index in [1.807, 2.05) is 13.8 Å². The van der Waals surface area contributed by atoms with Crippen molar-refractivity contribution in [2.24, 2.45) is 0 Å². The van der Waals surface area contributed by atoms with Gasteiger partial charge >= 0.3 is 5.97 Å². The number of hydrogen-bond acceptors (Lipinski definition) is 3. The largest absolute Gasteiger partial charge is 0.476 e. The van der Waals surface area contributed by atoms with Gasteiger partial charge in [-0.25, -0.2) is 4.79 Å². The van der Waals surface area contributed by atoms with Crippen molar-refractivity contribution < 1.29 is 14.7 Å². The Bertz CT molecular complexity index is 181. The van der Waals surface area contributed by atoms with Crippen LogP contribution in [0.15, 0.2) is 0 Å². The number of halogens is 1. The summed E-state index contributed by atoms with van der Waals surface area (Å²) in [5.41, 5.74) is 0. The molecule has 0 aromatic carbocycles. The molecule has 84 valence electrons. The van der Waals surface area contributed by atoms with Gasteiger partial charge in [0.05, 0.1) is 0 Å². The summed E-state index contributed by atoms with van der Waals surface area (Å²) < 4.78 is 0. The van der Waals surface area contributed by atoms with Gasteiger partial charge in [-0.2, -0.15) is 0 Å². The molecule has 0 radical (unpaired) electrons. The van der Waals surface area contributed by atoms with Crippen LogP contribution in [-0.4, -0.2) is 41.4 Å². The fourth-order valence-corrected chi connectivity index (χ4v) is 1.11. The number of carbonyl (C=O) groups is 2. The van der Waals surface area contributed by atoms with Crippen molar-refractivity contribution >= 4 is 24.2 Å². The Morgan fingerprint density at radius 3 is 2.07 bits per heavy atom. The summed E-state index contributed by atoms with van der Waals surface area (Å²) in [4.78, 5) is 23.0. The van der Waals surface area contributed by atoms with E-state index in [2.05, 4.69) is 4.90 Å². The Morgan fingerprint density at radius 1 is 1.21 bits per heavy atom. The van der Waals surface area contributed by atoms with E-state index >= 15 is 0 Å². The highest BCUT2D eigenvalue weighted by Crippen LogP contribution is 1.96. The first-order valence-electron chi connectivity index (χ1n) is 4.60. The summed E-state index contributed by atoms with van der Waals surface area (Å²) in [5.74, 6) is -2.01. The maximum absolute atomic E-state index is 10.7. The lowest BCUT2D eigenvalue weighted by Crippen LogP contribution is -2.25. The molecule has 0 rings (SSSR count). The highest BCUT2D eigenvalue weighted by molar-refractivity contribution is 6.32. The second kappa shape index (κ2) is 8.97. The van der Waals surface area contributed by atoms with Crippen LogP contribution in [0.1, 0.15) is 26.7 Å². The third kappa shape index (κ3) is 6.86. The van der Waals surface area contributed by atoms with Gasteiger partial charge < -0.3 is 10.0 Å². The fraction of sp³-hybridized carbons (Fsp3) is 0.778. The molecule has 0 aliphatic heterocycles. The minimum absolute atomic E-state index is 0. The van der Waals surface area contributed by atoms with Gasteiger partial charge in [0.25, 0.3) is 0 Å². The van der Waals surface area contributed by atoms with E-state index in [0.29, 0.717) is 6.42 Å². The minimum Gasteiger partial charge on any atom is -0.476 e. The molecule has 0 saturated heterocycles. The number of ketones is 1. The maximum atomic E-state index is 10.7. The van der Waals surface area contributed by atoms with Gasteiger partial charge in [-0.15, -0.1) is 12.4 Å². The molecule has 0 aromatic rings. The van der Waals surface area contributed by atoms with Crippen molar-refractivity contribution in [1.29, 1.82) is 0 Å². The average molecular weight is 224 g/mol. The van der Waals surface area contributed by atoms with E-state index < -0.39 is 11.8 Å². The Morgan fingerprint density at radius 2 is 1.71 bits per heavy atom. The van der Waals surface area contributed by atoms with E-state index in [1.54, 1.807) is 0 Å². The van der Waals surface area contributed by atoms with Crippen molar-refractivity contribution in [1.82, 2.24) is 4.90 Å². The molecule has 0 aromatic heterocycles. The SMILES string of the molecule is CCN(CC)CCCC(=O)C(=O)O.Cl. The molecule has 0 fully saturated rings. The molecule has 4 nitrogen and oxygen atoms in total. The van der Waals surface area contributed by atoms with Gasteiger partial charge in [-0.3, -0.25) is 4.79 Å². The van der Waals surface area contributed by atoms with Crippen molar-refractivity contribution in [2.75, 3.05) is 19.6 Å². The van der Waals surface area contributed by atoms with Crippen LogP contribution in [0, 0.1) is 0 Å². The average Bonchev–Trinajstić information content (AvgIpc) is 2.12. The lowest BCUT2D eigenvalue weighted by atomic mass is 10.2. The van der Waals surface area contributed by atoms with E-state index in [4.69, 9.17) is 5.11 Å². The van der Waals surface area contributed by atoms with Crippen LogP contribution in [0.5, 0.6) is 0 Å². The first-order chi connectivity index (χ1) is 6.11. The van der Waals surface area contributed by atoms with Crippen molar-refractivity contribution in [3.8, 4) is 0 Å². The third-order valence-electron chi connectivity index (χ3n) is 2.01. The Labute approximate surface area is 90.7 Å². The number of nitrogens with zero attached hydrogens (tertiary/aromatic N) is 1. The summed E-state index contributed by atoms with van der Waals surface area (Å²) in [7, 11) is 0. The normalized spacial score (nSPS) is 9.64. The van der Waals surface area contributed by atoms with Crippen LogP contribution in [0.3, 0.4) is 0 Å². The molecule has 5 heteroatoms. The van der Waals surface area contributed by atoms with Crippen LogP contribution in [-0.2, 0) is 9.59 Å². The summed E-state index contributed by atoms with van der Waals surface area (Å²) in [6, 6.07) is 0. The Kier molecular flexibility index (Phi) is 10.1. The molecule has 0 amide bonds. The molecular weight excluding hydrogens is 206 g/mol. The van der Waals surface area contributed by atoms with Gasteiger partial charge in [-0.1, -0.05) is 13.8 Å². The van der Waals surface area contributed by atoms with Crippen molar-refractivity contribution in [3.05, 3.63) is 0 Å². The number of carbonyl (C=O) groups excluding carboxylic acids is 1. The molecule has 0 unspecified atom stereocenters. The lowest BCUT2D eigenvalue weighted by molar-refractivity contribution is -0.149. The molecular formula is C9H18ClNO3. The molecule has 0 aliphatic carbocycles. The van der Waals surface area contributed by atoms with Gasteiger partial charge in [0.1, 0.15) is 0 Å². The molecule has 1 N–H and O–H groups in total. The summed E-state index contributed by atoms with van der Waals surface area (Å²) in [5, 5.41) is 8.30. The highest BCUT2D eigenvalue weighted by atomic mass is 35.5. The smallest absolute Gasteiger partial charge is 0.372 e. The van der Waals surface area contributed by atoms with Crippen molar-refractivity contribution in [3.63, 3.8) is 0 Å². The van der Waals surface area contributed by atoms with E-state index in [1.165, 1.54) is 0 Å². The van der Waals surface area contributed by atoms with Gasteiger partial charge in [-0.05, 0) is 26.1 Å². The van der Waals surface area contributed by atoms with Crippen LogP contribution in [0.4, 0.5) is 0 Å². The zero-order valence-corrected chi connectivity index (χ0v) is 9.47. The number of carboxylic acids is 1. The zero-order valence-electron chi connectivity index (χ0n) is 8.65. The highest BCUT2D eigenvalue weighted by Gasteiger charge is 2.10. The quantitative estimate of drug-likeness (QED) is 0.659. The number of aliphatic carboxylic acids is 1. The molecule has 0 saturated carbocycles. The second-order valence-corrected chi connectivity index (χ2v) is 2.86. The summed E-state index contributed by atoms with van der Waals surface area (Å²) >= 11 is 0. The number of rotatable bonds is 7. The zero-order chi connectivity index (χ0) is 10.3. The second-order valence-electron chi connectivity index (χ2n) is 2.86. The summed E-state index contributed by atoms with van der Waals surface area (Å²) in [6.07, 6.45) is 0.776. The summed E-state index contributed by atoms with van der Waals surface area (Å²) in [6.45, 7) is 6.77. The first kappa shape index (κ1) is 15.8. The number of Topliss-reactive ketones (excluding diaryl/α,β-unsaturated/α-hetero) is 1. The number of hydrogen-bond donors (Lipinski definition) is 1. The number of carboxylic acid groups (broad SMARTS) is 1. The van der Waals surface area contributed by atoms with Gasteiger partial charge in [0.2, 0.25) is 5.78 Å². The third-order valence-corrected chi connectivity index (χ3v) is 2.01. The first-order valence-corrected chi connectivity index (χ1v) is 4.60. The topological polar surface area (TPSA) is 57.6 Å². The monoisotopic (exact) mass is 223 g/mol. The maximum Gasteiger partial charge on any atom is 0.372 e. The molecule has 0 atom stereocenters. The molecule has 0 bridgehead atoms. The predicted molar refractivity (Wildman–Crippen MR) is 56.9 cm³/mol. The Balaban J connectivity index is 0. The lowest BCUT2D eigenvalue weighted by Gasteiger charge is -2.16. The van der Waals surface area contributed by atoms with Gasteiger partial charge in [0.15, 0.2) is 0 Å². The minimum atomic E-state index is -1.32. The fourth-order valence-electron chi connectivity index (χ4n) is 1.11. The van der Waals surface area contributed by atoms with E-state index in [0.717, 1.165) is 19.6 Å². The van der Waals surface area contributed by atoms with E-state index in [9.17, 15) is 9.59 Å². The molecule has 0 heterocycles. The van der Waals surface area contributed by atoms with Gasteiger partial charge in [0, 0.05) is 6.42 Å². The predicted octanol–water partition coefficient (Wildman–Crippen LogP) is 1.18. The van der Waals surface area contributed by atoms with Crippen LogP contribution < -0.4 is 0 Å². The Hall–Kier alpha value is -0.610. The molecule has 0 spiro atoms. The van der Waals surface area contributed by atoms with E-state index in [-0.39, 0.29) is 18.8 Å². The van der Waals surface area contributed by atoms with Crippen molar-refractivity contribution in [2.45, 2.75) is 26.7 Å². The standard InChI is InChI=1S/C9H17NO3.ClH/c1-3-10(4-2)7-5-6-8(11)9(12)13;/h3-7H2,1-2H3,(H,12,13);1H. The van der Waals surface area contributed by atoms with Crippen LogP contribution >= 0.6 is 12.4 Å².